The first-order valence-corrected chi connectivity index (χ1v) is 7.27. The first-order chi connectivity index (χ1) is 9.26. The van der Waals surface area contributed by atoms with Crippen LogP contribution in [0.2, 0.25) is 0 Å². The smallest absolute Gasteiger partial charge is 0.168 e. The zero-order valence-electron chi connectivity index (χ0n) is 11.7. The van der Waals surface area contributed by atoms with Crippen molar-refractivity contribution in [1.82, 2.24) is 0 Å². The Hall–Kier alpha value is -1.09. The molecule has 0 radical (unpaired) electrons. The predicted molar refractivity (Wildman–Crippen MR) is 75.8 cm³/mol. The van der Waals surface area contributed by atoms with Crippen LogP contribution in [0, 0.1) is 17.7 Å². The molecule has 1 aliphatic carbocycles. The average molecular weight is 265 g/mol. The molecule has 1 aliphatic rings. The Labute approximate surface area is 115 Å². The Morgan fingerprint density at radius 1 is 1.21 bits per heavy atom. The molecule has 19 heavy (non-hydrogen) atoms. The number of hydrogen-bond donors (Lipinski definition) is 1. The lowest BCUT2D eigenvalue weighted by atomic mass is 9.83. The van der Waals surface area contributed by atoms with Crippen molar-refractivity contribution in [3.63, 3.8) is 0 Å². The Balaban J connectivity index is 2.14. The highest BCUT2D eigenvalue weighted by atomic mass is 19.1. The molecule has 1 aromatic rings. The van der Waals surface area contributed by atoms with E-state index in [1.165, 1.54) is 39.2 Å². The second-order valence-electron chi connectivity index (χ2n) is 5.53. The topological polar surface area (TPSA) is 35.2 Å². The van der Waals surface area contributed by atoms with E-state index in [1.807, 2.05) is 12.1 Å². The molecule has 106 valence electrons. The fourth-order valence-electron chi connectivity index (χ4n) is 3.19. The number of hydrogen-bond acceptors (Lipinski definition) is 2. The summed E-state index contributed by atoms with van der Waals surface area (Å²) in [6.45, 7) is 0.719. The largest absolute Gasteiger partial charge is 0.494 e. The maximum Gasteiger partial charge on any atom is 0.168 e. The van der Waals surface area contributed by atoms with Gasteiger partial charge < -0.3 is 10.5 Å². The van der Waals surface area contributed by atoms with Gasteiger partial charge in [-0.25, -0.2) is 4.39 Å². The summed E-state index contributed by atoms with van der Waals surface area (Å²) in [6, 6.07) is 5.41. The molecule has 0 spiro atoms. The van der Waals surface area contributed by atoms with Crippen LogP contribution >= 0.6 is 0 Å². The van der Waals surface area contributed by atoms with E-state index in [4.69, 9.17) is 10.5 Å². The molecule has 0 amide bonds. The molecule has 0 aromatic heterocycles. The summed E-state index contributed by atoms with van der Waals surface area (Å²) in [6.07, 6.45) is 6.93. The van der Waals surface area contributed by atoms with E-state index in [1.54, 1.807) is 6.07 Å². The zero-order valence-corrected chi connectivity index (χ0v) is 11.7. The third-order valence-corrected chi connectivity index (χ3v) is 4.36. The van der Waals surface area contributed by atoms with Gasteiger partial charge >= 0.3 is 0 Å². The van der Waals surface area contributed by atoms with Crippen molar-refractivity contribution in [3.8, 4) is 5.75 Å². The zero-order chi connectivity index (χ0) is 13.7. The second kappa shape index (κ2) is 6.90. The minimum Gasteiger partial charge on any atom is -0.494 e. The van der Waals surface area contributed by atoms with Crippen molar-refractivity contribution in [2.24, 2.45) is 17.6 Å². The van der Waals surface area contributed by atoms with E-state index < -0.39 is 0 Å². The molecule has 3 heteroatoms. The molecular weight excluding hydrogens is 241 g/mol. The molecule has 0 aliphatic heterocycles. The summed E-state index contributed by atoms with van der Waals surface area (Å²) in [5.41, 5.74) is 6.66. The Morgan fingerprint density at radius 2 is 1.95 bits per heavy atom. The van der Waals surface area contributed by atoms with Gasteiger partial charge in [0.1, 0.15) is 0 Å². The monoisotopic (exact) mass is 265 g/mol. The molecule has 2 unspecified atom stereocenters. The van der Waals surface area contributed by atoms with Crippen molar-refractivity contribution in [3.05, 3.63) is 29.6 Å². The van der Waals surface area contributed by atoms with E-state index >= 15 is 0 Å². The Bertz CT molecular complexity index is 408. The SMILES string of the molecule is COc1cccc(CC2CCCCCC2CN)c1F. The number of ether oxygens (including phenoxy) is 1. The van der Waals surface area contributed by atoms with Crippen LogP contribution < -0.4 is 10.5 Å². The van der Waals surface area contributed by atoms with E-state index in [-0.39, 0.29) is 5.82 Å². The summed E-state index contributed by atoms with van der Waals surface area (Å²) >= 11 is 0. The van der Waals surface area contributed by atoms with Crippen molar-refractivity contribution in [2.75, 3.05) is 13.7 Å². The summed E-state index contributed by atoms with van der Waals surface area (Å²) < 4.78 is 19.3. The van der Waals surface area contributed by atoms with Crippen LogP contribution in [0.25, 0.3) is 0 Å². The fraction of sp³-hybridized carbons (Fsp3) is 0.625. The van der Waals surface area contributed by atoms with Gasteiger partial charge in [-0.2, -0.15) is 0 Å². The minimum atomic E-state index is -0.204. The van der Waals surface area contributed by atoms with Crippen molar-refractivity contribution < 1.29 is 9.13 Å². The van der Waals surface area contributed by atoms with Crippen molar-refractivity contribution in [1.29, 1.82) is 0 Å². The normalized spacial score (nSPS) is 23.9. The Morgan fingerprint density at radius 3 is 2.63 bits per heavy atom. The fourth-order valence-corrected chi connectivity index (χ4v) is 3.19. The van der Waals surface area contributed by atoms with E-state index in [0.29, 0.717) is 17.6 Å². The molecule has 2 atom stereocenters. The van der Waals surface area contributed by atoms with Crippen molar-refractivity contribution >= 4 is 0 Å². The number of halogens is 1. The van der Waals surface area contributed by atoms with Crippen LogP contribution in [0.15, 0.2) is 18.2 Å². The van der Waals surface area contributed by atoms with Gasteiger partial charge in [0.15, 0.2) is 11.6 Å². The molecular formula is C16H24FNO. The highest BCUT2D eigenvalue weighted by Gasteiger charge is 2.24. The van der Waals surface area contributed by atoms with Crippen LogP contribution in [0.3, 0.4) is 0 Å². The van der Waals surface area contributed by atoms with Gasteiger partial charge in [-0.3, -0.25) is 0 Å². The molecule has 0 heterocycles. The highest BCUT2D eigenvalue weighted by Crippen LogP contribution is 2.32. The van der Waals surface area contributed by atoms with Gasteiger partial charge in [-0.05, 0) is 49.3 Å². The first kappa shape index (κ1) is 14.3. The van der Waals surface area contributed by atoms with Crippen LogP contribution in [0.1, 0.15) is 37.7 Å². The average Bonchev–Trinajstić information content (AvgIpc) is 2.66. The third kappa shape index (κ3) is 3.47. The van der Waals surface area contributed by atoms with E-state index in [2.05, 4.69) is 0 Å². The van der Waals surface area contributed by atoms with Crippen LogP contribution in [0.4, 0.5) is 4.39 Å². The summed E-state index contributed by atoms with van der Waals surface area (Å²) in [4.78, 5) is 0. The molecule has 2 nitrogen and oxygen atoms in total. The highest BCUT2D eigenvalue weighted by molar-refractivity contribution is 5.31. The second-order valence-corrected chi connectivity index (χ2v) is 5.53. The maximum absolute atomic E-state index is 14.2. The number of benzene rings is 1. The molecule has 0 bridgehead atoms. The number of rotatable bonds is 4. The lowest BCUT2D eigenvalue weighted by Crippen LogP contribution is -2.24. The minimum absolute atomic E-state index is 0.204. The van der Waals surface area contributed by atoms with E-state index in [0.717, 1.165) is 18.5 Å². The summed E-state index contributed by atoms with van der Waals surface area (Å²) in [5.74, 6) is 1.18. The van der Waals surface area contributed by atoms with E-state index in [9.17, 15) is 4.39 Å². The van der Waals surface area contributed by atoms with Gasteiger partial charge in [0, 0.05) is 0 Å². The number of methoxy groups -OCH3 is 1. The van der Waals surface area contributed by atoms with Gasteiger partial charge in [0.2, 0.25) is 0 Å². The van der Waals surface area contributed by atoms with Crippen LogP contribution in [-0.4, -0.2) is 13.7 Å². The Kier molecular flexibility index (Phi) is 5.20. The standard InChI is InChI=1S/C16H24FNO/c1-19-15-9-5-8-13(16(15)17)10-12-6-3-2-4-7-14(12)11-18/h5,8-9,12,14H,2-4,6-7,10-11,18H2,1H3. The van der Waals surface area contributed by atoms with Gasteiger partial charge in [-0.1, -0.05) is 31.4 Å². The molecule has 1 saturated carbocycles. The lowest BCUT2D eigenvalue weighted by Gasteiger charge is -2.24. The summed E-state index contributed by atoms with van der Waals surface area (Å²) in [5, 5.41) is 0. The third-order valence-electron chi connectivity index (χ3n) is 4.36. The molecule has 1 fully saturated rings. The van der Waals surface area contributed by atoms with Crippen LogP contribution in [-0.2, 0) is 6.42 Å². The summed E-state index contributed by atoms with van der Waals surface area (Å²) in [7, 11) is 1.51. The molecule has 2 rings (SSSR count). The quantitative estimate of drug-likeness (QED) is 0.845. The molecule has 0 saturated heterocycles. The van der Waals surface area contributed by atoms with Gasteiger partial charge in [0.05, 0.1) is 7.11 Å². The molecule has 1 aromatic carbocycles. The first-order valence-electron chi connectivity index (χ1n) is 7.27. The van der Waals surface area contributed by atoms with Crippen molar-refractivity contribution in [2.45, 2.75) is 38.5 Å². The van der Waals surface area contributed by atoms with Crippen LogP contribution in [0.5, 0.6) is 5.75 Å². The maximum atomic E-state index is 14.2. The predicted octanol–water partition coefficient (Wildman–Crippen LogP) is 3.53. The molecule has 2 N–H and O–H groups in total. The lowest BCUT2D eigenvalue weighted by molar-refractivity contribution is 0.312. The van der Waals surface area contributed by atoms with Gasteiger partial charge in [0.25, 0.3) is 0 Å². The van der Waals surface area contributed by atoms with Gasteiger partial charge in [-0.15, -0.1) is 0 Å². The number of nitrogens with two attached hydrogens (primary N) is 1.